The molecule has 1 N–H and O–H groups in total. The number of allylic oxidation sites excluding steroid dienone is 4. The first kappa shape index (κ1) is 9.96. The number of hydrogen-bond acceptors (Lipinski definition) is 3. The maximum Gasteiger partial charge on any atom is 0.204 e. The number of aromatic amines is 1. The second-order valence-electron chi connectivity index (χ2n) is 4.10. The fourth-order valence-corrected chi connectivity index (χ4v) is 2.17. The van der Waals surface area contributed by atoms with Crippen LogP contribution in [0.2, 0.25) is 0 Å². The predicted octanol–water partition coefficient (Wildman–Crippen LogP) is 2.47. The Labute approximate surface area is 99.1 Å². The molecule has 0 spiro atoms. The number of benzene rings is 1. The first-order valence-corrected chi connectivity index (χ1v) is 5.54. The van der Waals surface area contributed by atoms with Crippen molar-refractivity contribution in [2.24, 2.45) is 0 Å². The molecule has 17 heavy (non-hydrogen) atoms. The van der Waals surface area contributed by atoms with E-state index in [1.807, 2.05) is 18.2 Å². The van der Waals surface area contributed by atoms with Gasteiger partial charge in [-0.2, -0.15) is 5.21 Å². The Hall–Kier alpha value is -2.23. The number of H-pyrrole nitrogens is 1. The highest BCUT2D eigenvalue weighted by Gasteiger charge is 2.18. The van der Waals surface area contributed by atoms with E-state index in [0.29, 0.717) is 11.7 Å². The van der Waals surface area contributed by atoms with Crippen LogP contribution in [0, 0.1) is 0 Å². The molecule has 0 radical (unpaired) electrons. The Bertz CT molecular complexity index is 581. The SMILES string of the molecule is CC1=CC=CC1c1ccccc1-c1nn[nH]n1. The zero-order valence-corrected chi connectivity index (χ0v) is 9.46. The molecule has 1 aliphatic carbocycles. The molecule has 1 aliphatic rings. The molecule has 1 aromatic carbocycles. The van der Waals surface area contributed by atoms with E-state index in [4.69, 9.17) is 0 Å². The van der Waals surface area contributed by atoms with Gasteiger partial charge in [-0.1, -0.05) is 48.1 Å². The Morgan fingerprint density at radius 2 is 2.12 bits per heavy atom. The predicted molar refractivity (Wildman–Crippen MR) is 65.3 cm³/mol. The summed E-state index contributed by atoms with van der Waals surface area (Å²) < 4.78 is 0. The fourth-order valence-electron chi connectivity index (χ4n) is 2.17. The highest BCUT2D eigenvalue weighted by Crippen LogP contribution is 2.34. The Kier molecular flexibility index (Phi) is 2.33. The van der Waals surface area contributed by atoms with E-state index in [0.717, 1.165) is 5.56 Å². The first-order valence-electron chi connectivity index (χ1n) is 5.54. The van der Waals surface area contributed by atoms with Gasteiger partial charge >= 0.3 is 0 Å². The van der Waals surface area contributed by atoms with Gasteiger partial charge in [0.15, 0.2) is 0 Å². The van der Waals surface area contributed by atoms with Crippen molar-refractivity contribution in [2.45, 2.75) is 12.8 Å². The molecule has 0 saturated carbocycles. The van der Waals surface area contributed by atoms with Gasteiger partial charge in [0.1, 0.15) is 0 Å². The molecule has 1 unspecified atom stereocenters. The third-order valence-electron chi connectivity index (χ3n) is 3.04. The summed E-state index contributed by atoms with van der Waals surface area (Å²) >= 11 is 0. The quantitative estimate of drug-likeness (QED) is 0.852. The number of hydrogen-bond donors (Lipinski definition) is 1. The number of rotatable bonds is 2. The summed E-state index contributed by atoms with van der Waals surface area (Å²) in [4.78, 5) is 0. The van der Waals surface area contributed by atoms with Crippen molar-refractivity contribution in [3.63, 3.8) is 0 Å². The summed E-state index contributed by atoms with van der Waals surface area (Å²) in [5.41, 5.74) is 3.59. The molecular formula is C13H12N4. The number of aromatic nitrogens is 4. The van der Waals surface area contributed by atoms with Gasteiger partial charge in [0.25, 0.3) is 0 Å². The van der Waals surface area contributed by atoms with Crippen molar-refractivity contribution in [2.75, 3.05) is 0 Å². The van der Waals surface area contributed by atoms with Gasteiger partial charge in [-0.25, -0.2) is 0 Å². The third kappa shape index (κ3) is 1.67. The smallest absolute Gasteiger partial charge is 0.177 e. The molecule has 0 saturated heterocycles. The molecule has 2 aromatic rings. The lowest BCUT2D eigenvalue weighted by Gasteiger charge is -2.13. The highest BCUT2D eigenvalue weighted by molar-refractivity contribution is 5.63. The summed E-state index contributed by atoms with van der Waals surface area (Å²) in [7, 11) is 0. The van der Waals surface area contributed by atoms with Crippen molar-refractivity contribution in [1.82, 2.24) is 20.6 Å². The molecule has 84 valence electrons. The van der Waals surface area contributed by atoms with Crippen LogP contribution in [0.25, 0.3) is 11.4 Å². The number of nitrogens with zero attached hydrogens (tertiary/aromatic N) is 3. The topological polar surface area (TPSA) is 54.5 Å². The molecule has 1 atom stereocenters. The second kappa shape index (κ2) is 3.97. The maximum absolute atomic E-state index is 4.05. The standard InChI is InChI=1S/C13H12N4/c1-9-5-4-8-10(9)11-6-2-3-7-12(11)13-14-16-17-15-13/h2-8,10H,1H3,(H,14,15,16,17). The number of nitrogens with one attached hydrogen (secondary N) is 1. The molecule has 1 aromatic heterocycles. The lowest BCUT2D eigenvalue weighted by molar-refractivity contribution is 0.881. The summed E-state index contributed by atoms with van der Waals surface area (Å²) in [6.45, 7) is 2.14. The molecule has 0 aliphatic heterocycles. The largest absolute Gasteiger partial charge is 0.204 e. The minimum Gasteiger partial charge on any atom is -0.177 e. The van der Waals surface area contributed by atoms with E-state index in [-0.39, 0.29) is 0 Å². The molecule has 4 heteroatoms. The van der Waals surface area contributed by atoms with Crippen LogP contribution in [-0.2, 0) is 0 Å². The monoisotopic (exact) mass is 224 g/mol. The normalized spacial score (nSPS) is 18.4. The summed E-state index contributed by atoms with van der Waals surface area (Å²) in [5.74, 6) is 0.971. The second-order valence-corrected chi connectivity index (χ2v) is 4.10. The van der Waals surface area contributed by atoms with Crippen LogP contribution in [0.15, 0.2) is 48.1 Å². The van der Waals surface area contributed by atoms with Gasteiger partial charge in [0.05, 0.1) is 0 Å². The van der Waals surface area contributed by atoms with Crippen molar-refractivity contribution < 1.29 is 0 Å². The van der Waals surface area contributed by atoms with Crippen LogP contribution in [0.5, 0.6) is 0 Å². The van der Waals surface area contributed by atoms with Crippen LogP contribution in [0.1, 0.15) is 18.4 Å². The Morgan fingerprint density at radius 3 is 2.82 bits per heavy atom. The average Bonchev–Trinajstić information content (AvgIpc) is 3.00. The van der Waals surface area contributed by atoms with Gasteiger partial charge in [0, 0.05) is 11.5 Å². The van der Waals surface area contributed by atoms with Crippen LogP contribution < -0.4 is 0 Å². The summed E-state index contributed by atoms with van der Waals surface area (Å²) in [5, 5.41) is 14.2. The average molecular weight is 224 g/mol. The van der Waals surface area contributed by atoms with Crippen LogP contribution in [0.4, 0.5) is 0 Å². The molecule has 0 amide bonds. The third-order valence-corrected chi connectivity index (χ3v) is 3.04. The molecule has 0 bridgehead atoms. The molecule has 3 rings (SSSR count). The van der Waals surface area contributed by atoms with E-state index in [1.165, 1.54) is 11.1 Å². The van der Waals surface area contributed by atoms with Crippen LogP contribution in [-0.4, -0.2) is 20.6 Å². The van der Waals surface area contributed by atoms with Crippen molar-refractivity contribution in [3.05, 3.63) is 53.6 Å². The minimum atomic E-state index is 0.324. The van der Waals surface area contributed by atoms with Crippen LogP contribution in [0.3, 0.4) is 0 Å². The Morgan fingerprint density at radius 1 is 1.24 bits per heavy atom. The van der Waals surface area contributed by atoms with Crippen molar-refractivity contribution >= 4 is 0 Å². The van der Waals surface area contributed by atoms with E-state index in [1.54, 1.807) is 0 Å². The first-order chi connectivity index (χ1) is 8.36. The van der Waals surface area contributed by atoms with E-state index < -0.39 is 0 Å². The highest BCUT2D eigenvalue weighted by atomic mass is 15.5. The maximum atomic E-state index is 4.05. The lowest BCUT2D eigenvalue weighted by atomic mass is 9.90. The van der Waals surface area contributed by atoms with E-state index >= 15 is 0 Å². The van der Waals surface area contributed by atoms with Gasteiger partial charge in [0.2, 0.25) is 5.82 Å². The minimum absolute atomic E-state index is 0.324. The molecule has 0 fully saturated rings. The molecular weight excluding hydrogens is 212 g/mol. The van der Waals surface area contributed by atoms with Crippen LogP contribution >= 0.6 is 0 Å². The van der Waals surface area contributed by atoms with Crippen molar-refractivity contribution in [1.29, 1.82) is 0 Å². The van der Waals surface area contributed by atoms with Gasteiger partial charge < -0.3 is 0 Å². The Balaban J connectivity index is 2.12. The molecule has 4 nitrogen and oxygen atoms in total. The summed E-state index contributed by atoms with van der Waals surface area (Å²) in [6, 6.07) is 8.17. The van der Waals surface area contributed by atoms with Gasteiger partial charge in [-0.15, -0.1) is 10.2 Å². The zero-order chi connectivity index (χ0) is 11.7. The van der Waals surface area contributed by atoms with Crippen molar-refractivity contribution in [3.8, 4) is 11.4 Å². The lowest BCUT2D eigenvalue weighted by Crippen LogP contribution is -1.98. The number of tetrazole rings is 1. The fraction of sp³-hybridized carbons (Fsp3) is 0.154. The summed E-state index contributed by atoms with van der Waals surface area (Å²) in [6.07, 6.45) is 6.42. The van der Waals surface area contributed by atoms with E-state index in [9.17, 15) is 0 Å². The zero-order valence-electron chi connectivity index (χ0n) is 9.46. The van der Waals surface area contributed by atoms with Gasteiger partial charge in [-0.05, 0) is 17.7 Å². The molecule has 1 heterocycles. The van der Waals surface area contributed by atoms with E-state index in [2.05, 4.69) is 51.8 Å². The van der Waals surface area contributed by atoms with Gasteiger partial charge in [-0.3, -0.25) is 0 Å².